The highest BCUT2D eigenvalue weighted by atomic mass is 31.3. The van der Waals surface area contributed by atoms with Crippen molar-refractivity contribution in [1.29, 1.82) is 0 Å². The maximum absolute atomic E-state index is 12.0. The number of nitrogens with two attached hydrogens (primary N) is 1. The van der Waals surface area contributed by atoms with E-state index in [-0.39, 0.29) is 23.8 Å². The molecule has 1 saturated carbocycles. The molecule has 1 aliphatic carbocycles. The van der Waals surface area contributed by atoms with Gasteiger partial charge < -0.3 is 25.3 Å². The highest BCUT2D eigenvalue weighted by molar-refractivity contribution is 7.66. The molecule has 2 aromatic heterocycles. The number of nitrogen functional groups attached to an aromatic ring is 1. The molecule has 166 valence electrons. The molecule has 7 atom stereocenters. The predicted molar refractivity (Wildman–Crippen MR) is 97.1 cm³/mol. The van der Waals surface area contributed by atoms with Gasteiger partial charge in [0.05, 0.1) is 18.6 Å². The number of phosphoric ester groups is 1. The Morgan fingerprint density at radius 2 is 1.80 bits per heavy atom. The minimum absolute atomic E-state index is 0.152. The Labute approximate surface area is 167 Å². The van der Waals surface area contributed by atoms with Crippen LogP contribution in [0.4, 0.5) is 5.82 Å². The summed E-state index contributed by atoms with van der Waals surface area (Å²) in [4.78, 5) is 48.2. The SMILES string of the molecule is C[C@H]1C2C(OP(=O)(O)OP(=O)(O)OP(=O)(O)O)[C@H]2N[C@H]1n1cnc2c(N)ncnc21. The highest BCUT2D eigenvalue weighted by Crippen LogP contribution is 2.68. The highest BCUT2D eigenvalue weighted by Gasteiger charge is 2.64. The molecule has 0 aromatic carbocycles. The van der Waals surface area contributed by atoms with Gasteiger partial charge in [0, 0.05) is 12.0 Å². The Balaban J connectivity index is 1.43. The maximum Gasteiger partial charge on any atom is 0.490 e. The third-order valence-corrected chi connectivity index (χ3v) is 8.67. The summed E-state index contributed by atoms with van der Waals surface area (Å²) in [5.41, 5.74) is 6.70. The Kier molecular flexibility index (Phi) is 5.21. The zero-order valence-electron chi connectivity index (χ0n) is 15.0. The molecule has 0 spiro atoms. The summed E-state index contributed by atoms with van der Waals surface area (Å²) in [6, 6.07) is -0.397. The van der Waals surface area contributed by atoms with Crippen molar-refractivity contribution in [3.05, 3.63) is 12.7 Å². The van der Waals surface area contributed by atoms with E-state index in [2.05, 4.69) is 28.9 Å². The van der Waals surface area contributed by atoms with Crippen LogP contribution in [0.3, 0.4) is 0 Å². The van der Waals surface area contributed by atoms with Gasteiger partial charge in [-0.3, -0.25) is 14.4 Å². The quantitative estimate of drug-likeness (QED) is 0.279. The van der Waals surface area contributed by atoms with E-state index in [1.54, 1.807) is 4.57 Å². The summed E-state index contributed by atoms with van der Waals surface area (Å²) in [6.07, 6.45) is 1.69. The molecule has 16 nitrogen and oxygen atoms in total. The summed E-state index contributed by atoms with van der Waals surface area (Å²) >= 11 is 0. The number of anilines is 1. The van der Waals surface area contributed by atoms with Crippen molar-refractivity contribution in [2.75, 3.05) is 5.73 Å². The van der Waals surface area contributed by atoms with Gasteiger partial charge in [-0.1, -0.05) is 6.92 Å². The van der Waals surface area contributed by atoms with Crippen LogP contribution in [0.2, 0.25) is 0 Å². The molecule has 2 fully saturated rings. The van der Waals surface area contributed by atoms with Gasteiger partial charge in [0.1, 0.15) is 11.8 Å². The fraction of sp³-hybridized carbons (Fsp3) is 0.545. The second-order valence-corrected chi connectivity index (χ2v) is 11.2. The minimum atomic E-state index is -5.55. The summed E-state index contributed by atoms with van der Waals surface area (Å²) in [5.74, 6) is -0.197. The van der Waals surface area contributed by atoms with Gasteiger partial charge in [-0.05, 0) is 5.92 Å². The predicted octanol–water partition coefficient (Wildman–Crippen LogP) is -0.143. The first-order valence-electron chi connectivity index (χ1n) is 8.29. The average molecular weight is 486 g/mol. The zero-order valence-corrected chi connectivity index (χ0v) is 17.7. The van der Waals surface area contributed by atoms with Crippen LogP contribution in [0.15, 0.2) is 12.7 Å². The molecule has 19 heteroatoms. The van der Waals surface area contributed by atoms with E-state index in [0.717, 1.165) is 0 Å². The summed E-state index contributed by atoms with van der Waals surface area (Å²) in [6.45, 7) is 1.85. The fourth-order valence-electron chi connectivity index (χ4n) is 3.69. The normalized spacial score (nSPS) is 32.5. The molecule has 1 aliphatic heterocycles. The number of nitrogens with zero attached hydrogens (tertiary/aromatic N) is 4. The molecular weight excluding hydrogens is 469 g/mol. The molecule has 0 amide bonds. The van der Waals surface area contributed by atoms with Crippen LogP contribution >= 0.6 is 23.5 Å². The summed E-state index contributed by atoms with van der Waals surface area (Å²) in [7, 11) is -16.2. The smallest absolute Gasteiger partial charge is 0.382 e. The average Bonchev–Trinajstić information content (AvgIpc) is 2.90. The fourth-order valence-corrected chi connectivity index (χ4v) is 6.93. The van der Waals surface area contributed by atoms with Gasteiger partial charge in [0.25, 0.3) is 0 Å². The Morgan fingerprint density at radius 1 is 1.10 bits per heavy atom. The summed E-state index contributed by atoms with van der Waals surface area (Å²) in [5, 5.41) is 3.19. The van der Waals surface area contributed by atoms with Crippen LogP contribution in [0.25, 0.3) is 11.2 Å². The lowest BCUT2D eigenvalue weighted by Crippen LogP contribution is -2.31. The van der Waals surface area contributed by atoms with Crippen LogP contribution in [0.1, 0.15) is 13.1 Å². The van der Waals surface area contributed by atoms with Crippen molar-refractivity contribution in [2.45, 2.75) is 25.2 Å². The van der Waals surface area contributed by atoms with E-state index in [0.29, 0.717) is 11.2 Å². The number of hydrogen-bond acceptors (Lipinski definition) is 11. The molecule has 1 saturated heterocycles. The second-order valence-electron chi connectivity index (χ2n) is 6.82. The number of nitrogens with one attached hydrogen (secondary N) is 1. The molecule has 2 aromatic rings. The van der Waals surface area contributed by atoms with E-state index in [4.69, 9.17) is 20.0 Å². The Morgan fingerprint density at radius 3 is 2.40 bits per heavy atom. The summed E-state index contributed by atoms with van der Waals surface area (Å²) < 4.78 is 48.2. The Hall–Kier alpha value is -1.28. The van der Waals surface area contributed by atoms with E-state index in [1.165, 1.54) is 12.7 Å². The van der Waals surface area contributed by atoms with Gasteiger partial charge in [-0.15, -0.1) is 0 Å². The number of phosphoric acid groups is 3. The molecule has 30 heavy (non-hydrogen) atoms. The third-order valence-electron chi connectivity index (χ3n) is 4.83. The number of piperidine rings is 1. The lowest BCUT2D eigenvalue weighted by atomic mass is 10.1. The van der Waals surface area contributed by atoms with Crippen LogP contribution in [-0.2, 0) is 26.8 Å². The first-order chi connectivity index (χ1) is 13.8. The van der Waals surface area contributed by atoms with E-state index >= 15 is 0 Å². The maximum atomic E-state index is 12.0. The van der Waals surface area contributed by atoms with Crippen LogP contribution in [0, 0.1) is 11.8 Å². The van der Waals surface area contributed by atoms with Gasteiger partial charge in [-0.2, -0.15) is 8.62 Å². The van der Waals surface area contributed by atoms with E-state index in [9.17, 15) is 23.5 Å². The van der Waals surface area contributed by atoms with Gasteiger partial charge in [-0.25, -0.2) is 28.6 Å². The number of aromatic nitrogens is 4. The third kappa shape index (κ3) is 4.22. The molecule has 2 aliphatic rings. The molecule has 0 radical (unpaired) electrons. The lowest BCUT2D eigenvalue weighted by molar-refractivity contribution is 0.138. The largest absolute Gasteiger partial charge is 0.490 e. The van der Waals surface area contributed by atoms with Crippen LogP contribution in [0.5, 0.6) is 0 Å². The number of imidazole rings is 1. The van der Waals surface area contributed by atoms with Crippen LogP contribution < -0.4 is 11.1 Å². The lowest BCUT2D eigenvalue weighted by Gasteiger charge is -2.24. The zero-order chi connectivity index (χ0) is 22.1. The second kappa shape index (κ2) is 7.12. The van der Waals surface area contributed by atoms with Crippen LogP contribution in [-0.4, -0.2) is 51.2 Å². The minimum Gasteiger partial charge on any atom is -0.382 e. The number of rotatable bonds is 7. The van der Waals surface area contributed by atoms with Gasteiger partial charge in [0.15, 0.2) is 11.5 Å². The van der Waals surface area contributed by atoms with Gasteiger partial charge in [0.2, 0.25) is 0 Å². The molecule has 4 rings (SSSR count). The topological polar surface area (TPSA) is 241 Å². The van der Waals surface area contributed by atoms with Gasteiger partial charge >= 0.3 is 23.5 Å². The first kappa shape index (κ1) is 21.9. The Bertz CT molecular complexity index is 1140. The molecular formula is C11H17N6O10P3. The van der Waals surface area contributed by atoms with Crippen molar-refractivity contribution in [1.82, 2.24) is 24.8 Å². The number of hydrogen-bond donors (Lipinski definition) is 6. The van der Waals surface area contributed by atoms with Crippen molar-refractivity contribution in [3.8, 4) is 0 Å². The standard InChI is InChI=1S/C11H17N6O10P3/c1-4-5-6(8(5)25-29(21,22)27-30(23,24)26-28(18,19)20)16-10(4)17-3-15-7-9(12)13-2-14-11(7)17/h2-6,8,10,16H,1H3,(H,21,22)(H,23,24)(H2,12,13,14)(H2,18,19,20)/t4-,5?,6-,8?,10-/m0/s1. The molecule has 3 heterocycles. The van der Waals surface area contributed by atoms with Crippen molar-refractivity contribution in [2.24, 2.45) is 11.8 Å². The first-order valence-corrected chi connectivity index (χ1v) is 12.8. The van der Waals surface area contributed by atoms with Crippen molar-refractivity contribution >= 4 is 40.4 Å². The number of fused-ring (bicyclic) bond motifs is 2. The molecule has 4 unspecified atom stereocenters. The van der Waals surface area contributed by atoms with Crippen molar-refractivity contribution in [3.63, 3.8) is 0 Å². The van der Waals surface area contributed by atoms with E-state index in [1.807, 2.05) is 6.92 Å². The molecule has 0 bridgehead atoms. The van der Waals surface area contributed by atoms with Crippen molar-refractivity contribution < 1.29 is 46.4 Å². The molecule has 7 N–H and O–H groups in total. The van der Waals surface area contributed by atoms with E-state index < -0.39 is 35.6 Å². The monoisotopic (exact) mass is 486 g/mol.